The topological polar surface area (TPSA) is 32.7 Å². The number of rotatable bonds is 1. The van der Waals surface area contributed by atoms with Crippen LogP contribution >= 0.6 is 0 Å². The van der Waals surface area contributed by atoms with Crippen LogP contribution in [0.25, 0.3) is 0 Å². The molecule has 0 radical (unpaired) electrons. The lowest BCUT2D eigenvalue weighted by molar-refractivity contribution is -0.137. The number of fused-ring (bicyclic) bond motifs is 1. The summed E-state index contributed by atoms with van der Waals surface area (Å²) < 4.78 is 37.8. The number of alkyl halides is 3. The van der Waals surface area contributed by atoms with E-state index in [1.54, 1.807) is 0 Å². The number of piperidine rings is 1. The molecule has 1 aromatic carbocycles. The fourth-order valence-electron chi connectivity index (χ4n) is 2.88. The number of benzene rings is 1. The molecule has 1 atom stereocenters. The molecule has 1 fully saturated rings. The molecular weight excluding hydrogens is 293 g/mol. The highest BCUT2D eigenvalue weighted by Gasteiger charge is 2.33. The third kappa shape index (κ3) is 2.65. The fourth-order valence-corrected chi connectivity index (χ4v) is 2.88. The summed E-state index contributed by atoms with van der Waals surface area (Å²) in [6.45, 7) is 0.871. The highest BCUT2D eigenvalue weighted by molar-refractivity contribution is 6.16. The summed E-state index contributed by atoms with van der Waals surface area (Å²) >= 11 is 0. The SMILES string of the molecule is CN1CCCC2C(=O)N=C(c3ccc(C(F)(F)F)cc3)C=C21. The van der Waals surface area contributed by atoms with E-state index in [0.29, 0.717) is 11.3 Å². The van der Waals surface area contributed by atoms with Gasteiger partial charge in [-0.05, 0) is 31.1 Å². The average molecular weight is 308 g/mol. The Hall–Kier alpha value is -2.11. The number of dihydropyridines is 1. The van der Waals surface area contributed by atoms with E-state index in [1.165, 1.54) is 12.1 Å². The molecule has 22 heavy (non-hydrogen) atoms. The van der Waals surface area contributed by atoms with Gasteiger partial charge in [-0.3, -0.25) is 4.79 Å². The predicted molar refractivity (Wildman–Crippen MR) is 76.4 cm³/mol. The van der Waals surface area contributed by atoms with Gasteiger partial charge in [0.2, 0.25) is 0 Å². The van der Waals surface area contributed by atoms with Crippen molar-refractivity contribution >= 4 is 11.6 Å². The van der Waals surface area contributed by atoms with Gasteiger partial charge >= 0.3 is 6.18 Å². The van der Waals surface area contributed by atoms with Gasteiger partial charge in [0, 0.05) is 24.9 Å². The molecule has 0 N–H and O–H groups in total. The van der Waals surface area contributed by atoms with Crippen molar-refractivity contribution < 1.29 is 18.0 Å². The quantitative estimate of drug-likeness (QED) is 0.798. The van der Waals surface area contributed by atoms with E-state index in [-0.39, 0.29) is 11.8 Å². The van der Waals surface area contributed by atoms with Gasteiger partial charge in [0.25, 0.3) is 5.91 Å². The van der Waals surface area contributed by atoms with Crippen LogP contribution in [0.3, 0.4) is 0 Å². The Morgan fingerprint density at radius 3 is 2.55 bits per heavy atom. The lowest BCUT2D eigenvalue weighted by Gasteiger charge is -2.34. The van der Waals surface area contributed by atoms with Crippen LogP contribution in [0.15, 0.2) is 41.0 Å². The van der Waals surface area contributed by atoms with Crippen LogP contribution < -0.4 is 0 Å². The first-order chi connectivity index (χ1) is 10.4. The Morgan fingerprint density at radius 2 is 1.91 bits per heavy atom. The minimum absolute atomic E-state index is 0.209. The maximum atomic E-state index is 12.6. The molecule has 1 unspecified atom stereocenters. The average Bonchev–Trinajstić information content (AvgIpc) is 2.47. The Bertz CT molecular complexity index is 659. The van der Waals surface area contributed by atoms with Crippen molar-refractivity contribution in [3.63, 3.8) is 0 Å². The summed E-state index contributed by atoms with van der Waals surface area (Å²) in [7, 11) is 1.92. The molecule has 0 saturated carbocycles. The minimum Gasteiger partial charge on any atom is -0.377 e. The van der Waals surface area contributed by atoms with E-state index in [2.05, 4.69) is 4.99 Å². The molecule has 1 saturated heterocycles. The first-order valence-corrected chi connectivity index (χ1v) is 7.09. The van der Waals surface area contributed by atoms with Gasteiger partial charge < -0.3 is 4.90 Å². The summed E-state index contributed by atoms with van der Waals surface area (Å²) in [5.41, 5.74) is 1.14. The second-order valence-electron chi connectivity index (χ2n) is 5.60. The Labute approximate surface area is 126 Å². The van der Waals surface area contributed by atoms with Crippen molar-refractivity contribution in [2.24, 2.45) is 10.9 Å². The highest BCUT2D eigenvalue weighted by atomic mass is 19.4. The van der Waals surface area contributed by atoms with Gasteiger partial charge in [-0.15, -0.1) is 0 Å². The van der Waals surface area contributed by atoms with Gasteiger partial charge in [-0.2, -0.15) is 13.2 Å². The molecule has 3 nitrogen and oxygen atoms in total. The summed E-state index contributed by atoms with van der Waals surface area (Å²) in [5, 5.41) is 0. The first-order valence-electron chi connectivity index (χ1n) is 7.09. The molecule has 6 heteroatoms. The van der Waals surface area contributed by atoms with Crippen molar-refractivity contribution in [3.8, 4) is 0 Å². The Kier molecular flexibility index (Phi) is 3.54. The molecule has 2 aliphatic rings. The van der Waals surface area contributed by atoms with E-state index in [4.69, 9.17) is 0 Å². The fraction of sp³-hybridized carbons (Fsp3) is 0.375. The van der Waals surface area contributed by atoms with E-state index in [1.807, 2.05) is 18.0 Å². The highest BCUT2D eigenvalue weighted by Crippen LogP contribution is 2.32. The zero-order valence-electron chi connectivity index (χ0n) is 12.0. The van der Waals surface area contributed by atoms with Crippen molar-refractivity contribution in [3.05, 3.63) is 47.2 Å². The number of carbonyl (C=O) groups excluding carboxylic acids is 1. The Morgan fingerprint density at radius 1 is 1.23 bits per heavy atom. The molecule has 0 spiro atoms. The van der Waals surface area contributed by atoms with Crippen molar-refractivity contribution in [1.29, 1.82) is 0 Å². The number of aliphatic imine (C=N–C) groups is 1. The molecule has 0 aromatic heterocycles. The van der Waals surface area contributed by atoms with E-state index < -0.39 is 11.7 Å². The minimum atomic E-state index is -4.37. The van der Waals surface area contributed by atoms with E-state index in [0.717, 1.165) is 37.2 Å². The second-order valence-corrected chi connectivity index (χ2v) is 5.60. The number of nitrogens with zero attached hydrogens (tertiary/aromatic N) is 2. The maximum Gasteiger partial charge on any atom is 0.416 e. The van der Waals surface area contributed by atoms with Crippen molar-refractivity contribution in [2.75, 3.05) is 13.6 Å². The monoisotopic (exact) mass is 308 g/mol. The largest absolute Gasteiger partial charge is 0.416 e. The predicted octanol–water partition coefficient (Wildman–Crippen LogP) is 3.26. The molecule has 0 aliphatic carbocycles. The maximum absolute atomic E-state index is 12.6. The summed E-state index contributed by atoms with van der Waals surface area (Å²) in [6.07, 6.45) is -0.835. The third-order valence-corrected chi connectivity index (χ3v) is 4.11. The summed E-state index contributed by atoms with van der Waals surface area (Å²) in [6, 6.07) is 4.74. The summed E-state index contributed by atoms with van der Waals surface area (Å²) in [4.78, 5) is 18.2. The molecule has 2 aliphatic heterocycles. The van der Waals surface area contributed by atoms with Crippen LogP contribution in [0, 0.1) is 5.92 Å². The second kappa shape index (κ2) is 5.26. The lowest BCUT2D eigenvalue weighted by Crippen LogP contribution is -2.36. The number of halogens is 3. The molecule has 2 heterocycles. The summed E-state index contributed by atoms with van der Waals surface area (Å²) in [5.74, 6) is -0.420. The van der Waals surface area contributed by atoms with E-state index in [9.17, 15) is 18.0 Å². The zero-order chi connectivity index (χ0) is 15.9. The van der Waals surface area contributed by atoms with Gasteiger partial charge in [-0.25, -0.2) is 4.99 Å². The molecule has 116 valence electrons. The van der Waals surface area contributed by atoms with Crippen LogP contribution in [0.1, 0.15) is 24.0 Å². The molecule has 3 rings (SSSR count). The van der Waals surface area contributed by atoms with Crippen molar-refractivity contribution in [1.82, 2.24) is 4.90 Å². The Balaban J connectivity index is 1.93. The van der Waals surface area contributed by atoms with Crippen LogP contribution in [-0.4, -0.2) is 30.1 Å². The van der Waals surface area contributed by atoms with Crippen LogP contribution in [0.4, 0.5) is 13.2 Å². The standard InChI is InChI=1S/C16H15F3N2O/c1-21-8-2-3-12-14(21)9-13(20-15(12)22)10-4-6-11(7-5-10)16(17,18)19/h4-7,9,12H,2-3,8H2,1H3. The normalized spacial score (nSPS) is 22.1. The number of allylic oxidation sites excluding steroid dienone is 1. The smallest absolute Gasteiger partial charge is 0.377 e. The van der Waals surface area contributed by atoms with Gasteiger partial charge in [0.15, 0.2) is 0 Å². The molecular formula is C16H15F3N2O. The number of hydrogen-bond acceptors (Lipinski definition) is 2. The van der Waals surface area contributed by atoms with Crippen molar-refractivity contribution in [2.45, 2.75) is 19.0 Å². The zero-order valence-corrected chi connectivity index (χ0v) is 12.0. The van der Waals surface area contributed by atoms with Crippen LogP contribution in [-0.2, 0) is 11.0 Å². The van der Waals surface area contributed by atoms with Gasteiger partial charge in [-0.1, -0.05) is 12.1 Å². The van der Waals surface area contributed by atoms with Crippen LogP contribution in [0.5, 0.6) is 0 Å². The molecule has 1 aromatic rings. The molecule has 1 amide bonds. The van der Waals surface area contributed by atoms with Crippen LogP contribution in [0.2, 0.25) is 0 Å². The number of carbonyl (C=O) groups is 1. The van der Waals surface area contributed by atoms with E-state index >= 15 is 0 Å². The van der Waals surface area contributed by atoms with Gasteiger partial charge in [0.1, 0.15) is 0 Å². The number of hydrogen-bond donors (Lipinski definition) is 0. The molecule has 0 bridgehead atoms. The first kappa shape index (κ1) is 14.8. The number of amides is 1. The van der Waals surface area contributed by atoms with Gasteiger partial charge in [0.05, 0.1) is 17.2 Å². The lowest BCUT2D eigenvalue weighted by atomic mass is 9.89. The number of likely N-dealkylation sites (tertiary alicyclic amines) is 1. The third-order valence-electron chi connectivity index (χ3n) is 4.11.